The summed E-state index contributed by atoms with van der Waals surface area (Å²) in [5.41, 5.74) is 2.54. The quantitative estimate of drug-likeness (QED) is 0.441. The molecule has 1 fully saturated rings. The number of rotatable bonds is 4. The van der Waals surface area contributed by atoms with E-state index >= 15 is 0 Å². The van der Waals surface area contributed by atoms with Crippen molar-refractivity contribution >= 4 is 16.9 Å². The molecule has 0 spiro atoms. The van der Waals surface area contributed by atoms with Crippen LogP contribution >= 0.6 is 0 Å². The molecule has 0 N–H and O–H groups in total. The summed E-state index contributed by atoms with van der Waals surface area (Å²) in [6, 6.07) is 17.6. The van der Waals surface area contributed by atoms with Gasteiger partial charge >= 0.3 is 0 Å². The Morgan fingerprint density at radius 2 is 1.88 bits per heavy atom. The SMILES string of the molecule is CC#CC(=O)N1CCC[C@@H](n2nc(-c3ccc(Oc4ccccc4)cc3)c3cncnc32)C1. The Labute approximate surface area is 192 Å². The van der Waals surface area contributed by atoms with Gasteiger partial charge in [-0.25, -0.2) is 14.6 Å². The van der Waals surface area contributed by atoms with Crippen molar-refractivity contribution in [3.05, 3.63) is 67.1 Å². The number of para-hydroxylation sites is 1. The number of hydrogen-bond donors (Lipinski definition) is 0. The molecule has 33 heavy (non-hydrogen) atoms. The van der Waals surface area contributed by atoms with E-state index < -0.39 is 0 Å². The van der Waals surface area contributed by atoms with Gasteiger partial charge in [0.15, 0.2) is 5.65 Å². The van der Waals surface area contributed by atoms with E-state index in [0.717, 1.165) is 46.6 Å². The molecule has 2 aromatic heterocycles. The molecule has 0 radical (unpaired) electrons. The first-order chi connectivity index (χ1) is 16.2. The molecule has 0 bridgehead atoms. The Bertz CT molecular complexity index is 1340. The summed E-state index contributed by atoms with van der Waals surface area (Å²) in [4.78, 5) is 22.9. The molecule has 1 aliphatic heterocycles. The van der Waals surface area contributed by atoms with Gasteiger partial charge in [0.2, 0.25) is 0 Å². The molecule has 1 aliphatic rings. The summed E-state index contributed by atoms with van der Waals surface area (Å²) in [7, 11) is 0. The van der Waals surface area contributed by atoms with Crippen LogP contribution in [0.3, 0.4) is 0 Å². The third-order valence-corrected chi connectivity index (χ3v) is 5.74. The molecule has 1 amide bonds. The Kier molecular flexibility index (Phi) is 5.73. The second-order valence-electron chi connectivity index (χ2n) is 7.91. The molecule has 7 heteroatoms. The number of fused-ring (bicyclic) bond motifs is 1. The molecule has 1 atom stereocenters. The highest BCUT2D eigenvalue weighted by Crippen LogP contribution is 2.32. The van der Waals surface area contributed by atoms with Crippen molar-refractivity contribution in [3.8, 4) is 34.6 Å². The summed E-state index contributed by atoms with van der Waals surface area (Å²) >= 11 is 0. The Hall–Kier alpha value is -4.18. The number of likely N-dealkylation sites (tertiary alicyclic amines) is 1. The minimum atomic E-state index is -0.137. The van der Waals surface area contributed by atoms with Crippen molar-refractivity contribution in [1.82, 2.24) is 24.6 Å². The van der Waals surface area contributed by atoms with Crippen LogP contribution in [-0.2, 0) is 4.79 Å². The van der Waals surface area contributed by atoms with Crippen molar-refractivity contribution in [1.29, 1.82) is 0 Å². The maximum Gasteiger partial charge on any atom is 0.298 e. The number of carbonyl (C=O) groups excluding carboxylic acids is 1. The van der Waals surface area contributed by atoms with Crippen molar-refractivity contribution in [2.24, 2.45) is 0 Å². The monoisotopic (exact) mass is 437 g/mol. The van der Waals surface area contributed by atoms with Crippen molar-refractivity contribution in [3.63, 3.8) is 0 Å². The Balaban J connectivity index is 1.45. The summed E-state index contributed by atoms with van der Waals surface area (Å²) in [5.74, 6) is 6.75. The molecule has 0 unspecified atom stereocenters. The minimum absolute atomic E-state index is 0.0354. The van der Waals surface area contributed by atoms with Crippen molar-refractivity contribution in [2.75, 3.05) is 13.1 Å². The molecule has 4 aromatic rings. The van der Waals surface area contributed by atoms with Gasteiger partial charge in [-0.1, -0.05) is 24.1 Å². The predicted octanol–water partition coefficient (Wildman–Crippen LogP) is 4.47. The van der Waals surface area contributed by atoms with Crippen LogP contribution in [-0.4, -0.2) is 43.6 Å². The van der Waals surface area contributed by atoms with Gasteiger partial charge < -0.3 is 9.64 Å². The molecule has 5 rings (SSSR count). The maximum absolute atomic E-state index is 12.3. The first-order valence-electron chi connectivity index (χ1n) is 11.0. The fraction of sp³-hybridized carbons (Fsp3) is 0.231. The third kappa shape index (κ3) is 4.28. The van der Waals surface area contributed by atoms with Gasteiger partial charge in [-0.3, -0.25) is 4.79 Å². The molecule has 0 aliphatic carbocycles. The van der Waals surface area contributed by atoms with Gasteiger partial charge in [0.05, 0.1) is 11.4 Å². The van der Waals surface area contributed by atoms with Crippen LogP contribution < -0.4 is 4.74 Å². The van der Waals surface area contributed by atoms with Gasteiger partial charge in [-0.2, -0.15) is 5.10 Å². The van der Waals surface area contributed by atoms with E-state index in [0.29, 0.717) is 13.1 Å². The summed E-state index contributed by atoms with van der Waals surface area (Å²) in [5, 5.41) is 5.82. The van der Waals surface area contributed by atoms with E-state index in [4.69, 9.17) is 9.84 Å². The lowest BCUT2D eigenvalue weighted by Gasteiger charge is -2.31. The largest absolute Gasteiger partial charge is 0.457 e. The number of amides is 1. The smallest absolute Gasteiger partial charge is 0.298 e. The number of aromatic nitrogens is 4. The minimum Gasteiger partial charge on any atom is -0.457 e. The Morgan fingerprint density at radius 3 is 2.67 bits per heavy atom. The lowest BCUT2D eigenvalue weighted by molar-refractivity contribution is -0.126. The highest BCUT2D eigenvalue weighted by atomic mass is 16.5. The first-order valence-corrected chi connectivity index (χ1v) is 11.0. The zero-order valence-corrected chi connectivity index (χ0v) is 18.3. The normalized spacial score (nSPS) is 15.7. The van der Waals surface area contributed by atoms with Crippen molar-refractivity contribution in [2.45, 2.75) is 25.8 Å². The van der Waals surface area contributed by atoms with Crippen molar-refractivity contribution < 1.29 is 9.53 Å². The van der Waals surface area contributed by atoms with Crippen LogP contribution in [0, 0.1) is 11.8 Å². The number of carbonyl (C=O) groups is 1. The van der Waals surface area contributed by atoms with Crippen LogP contribution in [0.5, 0.6) is 11.5 Å². The Morgan fingerprint density at radius 1 is 1.09 bits per heavy atom. The average molecular weight is 438 g/mol. The van der Waals surface area contributed by atoms with Gasteiger partial charge in [-0.05, 0) is 62.1 Å². The first kappa shape index (κ1) is 20.7. The van der Waals surface area contributed by atoms with Gasteiger partial charge in [0.25, 0.3) is 5.91 Å². The van der Waals surface area contributed by atoms with Crippen LogP contribution in [0.15, 0.2) is 67.1 Å². The average Bonchev–Trinajstić information content (AvgIpc) is 3.25. The molecular weight excluding hydrogens is 414 g/mol. The second-order valence-corrected chi connectivity index (χ2v) is 7.91. The summed E-state index contributed by atoms with van der Waals surface area (Å²) in [6.45, 7) is 2.96. The summed E-state index contributed by atoms with van der Waals surface area (Å²) in [6.07, 6.45) is 5.15. The topological polar surface area (TPSA) is 73.1 Å². The van der Waals surface area contributed by atoms with E-state index in [9.17, 15) is 4.79 Å². The highest BCUT2D eigenvalue weighted by Gasteiger charge is 2.27. The maximum atomic E-state index is 12.3. The molecule has 7 nitrogen and oxygen atoms in total. The number of hydrogen-bond acceptors (Lipinski definition) is 5. The third-order valence-electron chi connectivity index (χ3n) is 5.74. The fourth-order valence-corrected chi connectivity index (χ4v) is 4.18. The number of benzene rings is 2. The van der Waals surface area contributed by atoms with E-state index in [1.165, 1.54) is 6.33 Å². The van der Waals surface area contributed by atoms with Crippen LogP contribution in [0.25, 0.3) is 22.3 Å². The van der Waals surface area contributed by atoms with E-state index in [1.807, 2.05) is 59.3 Å². The highest BCUT2D eigenvalue weighted by molar-refractivity contribution is 5.93. The second kappa shape index (κ2) is 9.13. The number of piperidine rings is 1. The van der Waals surface area contributed by atoms with Gasteiger partial charge in [-0.15, -0.1) is 0 Å². The molecule has 0 saturated carbocycles. The zero-order valence-electron chi connectivity index (χ0n) is 18.3. The molecular formula is C26H23N5O2. The zero-order chi connectivity index (χ0) is 22.6. The van der Waals surface area contributed by atoms with Crippen LogP contribution in [0.2, 0.25) is 0 Å². The van der Waals surface area contributed by atoms with Crippen LogP contribution in [0.4, 0.5) is 0 Å². The fourth-order valence-electron chi connectivity index (χ4n) is 4.18. The van der Waals surface area contributed by atoms with Gasteiger partial charge in [0, 0.05) is 24.8 Å². The standard InChI is InChI=1S/C26H23N5O2/c1-2-7-24(32)30-15-6-8-20(17-30)31-26-23(16-27-18-28-26)25(29-31)19-11-13-22(14-12-19)33-21-9-4-3-5-10-21/h3-5,9-14,16,18,20H,6,8,15,17H2,1H3/t20-/m1/s1. The number of ether oxygens (including phenoxy) is 1. The lowest BCUT2D eigenvalue weighted by atomic mass is 10.1. The van der Waals surface area contributed by atoms with Crippen LogP contribution in [0.1, 0.15) is 25.8 Å². The molecule has 2 aromatic carbocycles. The van der Waals surface area contributed by atoms with E-state index in [2.05, 4.69) is 21.8 Å². The lowest BCUT2D eigenvalue weighted by Crippen LogP contribution is -2.40. The van der Waals surface area contributed by atoms with E-state index in [1.54, 1.807) is 18.0 Å². The number of nitrogens with zero attached hydrogens (tertiary/aromatic N) is 5. The summed E-state index contributed by atoms with van der Waals surface area (Å²) < 4.78 is 7.86. The molecule has 1 saturated heterocycles. The molecule has 3 heterocycles. The van der Waals surface area contributed by atoms with Gasteiger partial charge in [0.1, 0.15) is 23.5 Å². The predicted molar refractivity (Wildman–Crippen MR) is 126 cm³/mol. The van der Waals surface area contributed by atoms with E-state index in [-0.39, 0.29) is 11.9 Å². The molecule has 164 valence electrons.